The second-order valence-corrected chi connectivity index (χ2v) is 3.41. The normalized spacial score (nSPS) is 10.2. The molecule has 0 aliphatic rings. The number of carbonyl (C=O) groups is 2. The highest BCUT2D eigenvalue weighted by molar-refractivity contribution is 5.92. The molecule has 0 aliphatic heterocycles. The molecule has 5 heteroatoms. The summed E-state index contributed by atoms with van der Waals surface area (Å²) in [6.07, 6.45) is -1.30. The average Bonchev–Trinajstić information content (AvgIpc) is 2.57. The van der Waals surface area contributed by atoms with Gasteiger partial charge in [0.05, 0.1) is 6.42 Å². The molecule has 82 valence electrons. The van der Waals surface area contributed by atoms with Crippen LogP contribution in [0.15, 0.2) is 30.3 Å². The van der Waals surface area contributed by atoms with Crippen LogP contribution < -0.4 is 5.32 Å². The minimum absolute atomic E-state index is 0.0287. The van der Waals surface area contributed by atoms with Crippen LogP contribution in [0.3, 0.4) is 0 Å². The highest BCUT2D eigenvalue weighted by atomic mass is 16.4. The molecular formula is C11H10N2O3. The maximum Gasteiger partial charge on any atom is 0.411 e. The van der Waals surface area contributed by atoms with Crippen LogP contribution in [0.4, 0.5) is 4.79 Å². The van der Waals surface area contributed by atoms with Gasteiger partial charge in [-0.25, -0.2) is 4.79 Å². The van der Waals surface area contributed by atoms with Gasteiger partial charge in [-0.2, -0.15) is 0 Å². The molecule has 3 N–H and O–H groups in total. The number of carbonyl (C=O) groups excluding carboxylic acids is 1. The Bertz CT molecular complexity index is 512. The van der Waals surface area contributed by atoms with E-state index in [1.165, 1.54) is 0 Å². The first-order valence-electron chi connectivity index (χ1n) is 4.74. The zero-order valence-electron chi connectivity index (χ0n) is 8.36. The fraction of sp³-hybridized carbons (Fsp3) is 0.0909. The van der Waals surface area contributed by atoms with E-state index in [1.54, 1.807) is 5.32 Å². The Kier molecular flexibility index (Phi) is 2.59. The summed E-state index contributed by atoms with van der Waals surface area (Å²) in [4.78, 5) is 24.5. The lowest BCUT2D eigenvalue weighted by atomic mass is 10.2. The Morgan fingerprint density at radius 2 is 2.06 bits per heavy atom. The third-order valence-electron chi connectivity index (χ3n) is 2.18. The molecule has 16 heavy (non-hydrogen) atoms. The smallest absolute Gasteiger partial charge is 0.411 e. The fourth-order valence-electron chi connectivity index (χ4n) is 1.57. The fourth-order valence-corrected chi connectivity index (χ4v) is 1.57. The van der Waals surface area contributed by atoms with Crippen LogP contribution in [0.25, 0.3) is 10.9 Å². The number of carboxylic acid groups (broad SMARTS) is 1. The molecule has 2 rings (SSSR count). The van der Waals surface area contributed by atoms with Crippen molar-refractivity contribution in [3.63, 3.8) is 0 Å². The maximum atomic E-state index is 11.2. The number of aromatic amines is 1. The number of rotatable bonds is 2. The highest BCUT2D eigenvalue weighted by Crippen LogP contribution is 2.14. The van der Waals surface area contributed by atoms with Crippen molar-refractivity contribution in [2.75, 3.05) is 0 Å². The topological polar surface area (TPSA) is 82.2 Å². The molecule has 0 saturated carbocycles. The molecule has 1 aromatic carbocycles. The van der Waals surface area contributed by atoms with Crippen LogP contribution in [0.2, 0.25) is 0 Å². The van der Waals surface area contributed by atoms with E-state index in [2.05, 4.69) is 4.98 Å². The summed E-state index contributed by atoms with van der Waals surface area (Å²) in [6.45, 7) is 0. The zero-order chi connectivity index (χ0) is 11.5. The number of hydrogen-bond donors (Lipinski definition) is 3. The third kappa shape index (κ3) is 2.20. The van der Waals surface area contributed by atoms with Crippen LogP contribution in [0.1, 0.15) is 5.69 Å². The van der Waals surface area contributed by atoms with Gasteiger partial charge in [-0.15, -0.1) is 0 Å². The van der Waals surface area contributed by atoms with Gasteiger partial charge in [-0.3, -0.25) is 10.1 Å². The predicted molar refractivity (Wildman–Crippen MR) is 58.2 cm³/mol. The van der Waals surface area contributed by atoms with Crippen molar-refractivity contribution in [2.45, 2.75) is 6.42 Å². The number of H-pyrrole nitrogens is 1. The predicted octanol–water partition coefficient (Wildman–Crippen LogP) is 1.50. The van der Waals surface area contributed by atoms with Gasteiger partial charge in [0.25, 0.3) is 0 Å². The Hall–Kier alpha value is -2.30. The van der Waals surface area contributed by atoms with Gasteiger partial charge in [0.1, 0.15) is 0 Å². The summed E-state index contributed by atoms with van der Waals surface area (Å²) in [6, 6.07) is 9.44. The average molecular weight is 218 g/mol. The van der Waals surface area contributed by atoms with Gasteiger partial charge in [0.2, 0.25) is 5.91 Å². The monoisotopic (exact) mass is 218 g/mol. The number of amides is 2. The highest BCUT2D eigenvalue weighted by Gasteiger charge is 2.08. The first-order chi connectivity index (χ1) is 7.65. The molecule has 0 bridgehead atoms. The van der Waals surface area contributed by atoms with Crippen molar-refractivity contribution in [2.24, 2.45) is 0 Å². The minimum Gasteiger partial charge on any atom is -0.465 e. The van der Waals surface area contributed by atoms with Gasteiger partial charge >= 0.3 is 6.09 Å². The number of aromatic nitrogens is 1. The van der Waals surface area contributed by atoms with Gasteiger partial charge in [-0.05, 0) is 17.5 Å². The molecule has 0 aliphatic carbocycles. The molecule has 0 spiro atoms. The van der Waals surface area contributed by atoms with Crippen molar-refractivity contribution >= 4 is 22.9 Å². The molecule has 2 amide bonds. The quantitative estimate of drug-likeness (QED) is 0.714. The SMILES string of the molecule is O=C(O)NC(=O)Cc1cc2ccccc2[nH]1. The number of hydrogen-bond acceptors (Lipinski definition) is 2. The van der Waals surface area contributed by atoms with Crippen LogP contribution in [0.5, 0.6) is 0 Å². The van der Waals surface area contributed by atoms with Gasteiger partial charge in [0.15, 0.2) is 0 Å². The summed E-state index contributed by atoms with van der Waals surface area (Å²) < 4.78 is 0. The third-order valence-corrected chi connectivity index (χ3v) is 2.18. The number of imide groups is 1. The Balaban J connectivity index is 2.15. The number of para-hydroxylation sites is 1. The second kappa shape index (κ2) is 4.06. The van der Waals surface area contributed by atoms with E-state index < -0.39 is 12.0 Å². The molecule has 0 atom stereocenters. The summed E-state index contributed by atoms with van der Waals surface area (Å²) in [5.41, 5.74) is 1.63. The van der Waals surface area contributed by atoms with E-state index in [0.717, 1.165) is 10.9 Å². The van der Waals surface area contributed by atoms with Crippen molar-refractivity contribution in [1.82, 2.24) is 10.3 Å². The minimum atomic E-state index is -1.33. The number of fused-ring (bicyclic) bond motifs is 1. The van der Waals surface area contributed by atoms with Gasteiger partial charge < -0.3 is 10.1 Å². The maximum absolute atomic E-state index is 11.2. The molecule has 0 radical (unpaired) electrons. The summed E-state index contributed by atoms with van der Waals surface area (Å²) in [5.74, 6) is -0.543. The van der Waals surface area contributed by atoms with E-state index in [4.69, 9.17) is 5.11 Å². The van der Waals surface area contributed by atoms with E-state index in [9.17, 15) is 9.59 Å². The van der Waals surface area contributed by atoms with Crippen LogP contribution in [0, 0.1) is 0 Å². The van der Waals surface area contributed by atoms with Crippen LogP contribution >= 0.6 is 0 Å². The lowest BCUT2D eigenvalue weighted by Gasteiger charge is -1.96. The Morgan fingerprint density at radius 3 is 2.75 bits per heavy atom. The second-order valence-electron chi connectivity index (χ2n) is 3.41. The number of benzene rings is 1. The Labute approximate surface area is 91.1 Å². The molecule has 0 fully saturated rings. The molecule has 2 aromatic rings. The standard InChI is InChI=1S/C11H10N2O3/c14-10(13-11(15)16)6-8-5-7-3-1-2-4-9(7)12-8/h1-5,12H,6H2,(H,13,14)(H,15,16). The van der Waals surface area contributed by atoms with Crippen molar-refractivity contribution in [3.8, 4) is 0 Å². The molecule has 5 nitrogen and oxygen atoms in total. The van der Waals surface area contributed by atoms with Crippen molar-refractivity contribution in [1.29, 1.82) is 0 Å². The lowest BCUT2D eigenvalue weighted by molar-refractivity contribution is -0.119. The van der Waals surface area contributed by atoms with E-state index in [1.807, 2.05) is 30.3 Å². The Morgan fingerprint density at radius 1 is 1.31 bits per heavy atom. The van der Waals surface area contributed by atoms with Gasteiger partial charge in [0, 0.05) is 11.2 Å². The molecule has 1 heterocycles. The molecular weight excluding hydrogens is 208 g/mol. The van der Waals surface area contributed by atoms with Gasteiger partial charge in [-0.1, -0.05) is 18.2 Å². The van der Waals surface area contributed by atoms with E-state index in [-0.39, 0.29) is 6.42 Å². The first-order valence-corrected chi connectivity index (χ1v) is 4.74. The van der Waals surface area contributed by atoms with E-state index >= 15 is 0 Å². The van der Waals surface area contributed by atoms with E-state index in [0.29, 0.717) is 5.69 Å². The zero-order valence-corrected chi connectivity index (χ0v) is 8.36. The molecule has 0 unspecified atom stereocenters. The summed E-state index contributed by atoms with van der Waals surface area (Å²) >= 11 is 0. The van der Waals surface area contributed by atoms with Crippen LogP contribution in [-0.2, 0) is 11.2 Å². The lowest BCUT2D eigenvalue weighted by Crippen LogP contribution is -2.30. The summed E-state index contributed by atoms with van der Waals surface area (Å²) in [7, 11) is 0. The summed E-state index contributed by atoms with van der Waals surface area (Å²) in [5, 5.41) is 11.2. The number of nitrogens with one attached hydrogen (secondary N) is 2. The van der Waals surface area contributed by atoms with Crippen LogP contribution in [-0.4, -0.2) is 22.1 Å². The first kappa shape index (κ1) is 10.2. The molecule has 0 saturated heterocycles. The van der Waals surface area contributed by atoms with Crippen molar-refractivity contribution in [3.05, 3.63) is 36.0 Å². The largest absolute Gasteiger partial charge is 0.465 e. The van der Waals surface area contributed by atoms with Crippen molar-refractivity contribution < 1.29 is 14.7 Å². The molecule has 1 aromatic heterocycles.